The van der Waals surface area contributed by atoms with Crippen LogP contribution < -0.4 is 15.4 Å². The van der Waals surface area contributed by atoms with Crippen LogP contribution in [0.25, 0.3) is 22.6 Å². The van der Waals surface area contributed by atoms with E-state index in [4.69, 9.17) is 21.4 Å². The molecule has 1 aromatic heterocycles. The highest BCUT2D eigenvalue weighted by Gasteiger charge is 2.12. The van der Waals surface area contributed by atoms with Gasteiger partial charge < -0.3 is 14.5 Å². The van der Waals surface area contributed by atoms with Gasteiger partial charge in [-0.25, -0.2) is 4.98 Å². The second-order valence-electron chi connectivity index (χ2n) is 8.73. The number of rotatable bonds is 7. The van der Waals surface area contributed by atoms with Crippen molar-refractivity contribution in [1.29, 1.82) is 0 Å². The fraction of sp³-hybridized carbons (Fsp3) is 0.250. The van der Waals surface area contributed by atoms with Crippen LogP contribution in [-0.2, 0) is 0 Å². The molecule has 1 amide bonds. The molecule has 180 valence electrons. The minimum Gasteiger partial charge on any atom is -0.491 e. The van der Waals surface area contributed by atoms with E-state index in [9.17, 15) is 4.79 Å². The third-order valence-electron chi connectivity index (χ3n) is 5.70. The molecule has 2 N–H and O–H groups in total. The molecule has 1 heterocycles. The van der Waals surface area contributed by atoms with Crippen LogP contribution in [0.4, 0.5) is 5.69 Å². The molecule has 0 saturated carbocycles. The minimum atomic E-state index is -0.293. The molecule has 4 rings (SSSR count). The standard InChI is InChI=1S/C28H29N3O3S/c1-5-18(4)21-10-15-25-24(16-21)30-27(34-25)20-6-11-22(12-7-20)29-28(35)31-26(32)19-8-13-23(14-9-19)33-17(2)3/h6-18H,5H2,1-4H3,(H2,29,31,32,35). The number of benzene rings is 3. The SMILES string of the molecule is CCC(C)c1ccc2oc(-c3ccc(NC(=S)NC(=O)c4ccc(OC(C)C)cc4)cc3)nc2c1. The number of hydrogen-bond donors (Lipinski definition) is 2. The summed E-state index contributed by atoms with van der Waals surface area (Å²) in [5.74, 6) is 1.46. The molecule has 0 fully saturated rings. The molecular weight excluding hydrogens is 458 g/mol. The lowest BCUT2D eigenvalue weighted by Gasteiger charge is -2.11. The number of carbonyl (C=O) groups is 1. The van der Waals surface area contributed by atoms with E-state index < -0.39 is 0 Å². The van der Waals surface area contributed by atoms with Gasteiger partial charge in [-0.1, -0.05) is 19.9 Å². The second kappa shape index (κ2) is 10.7. The fourth-order valence-electron chi connectivity index (χ4n) is 3.60. The molecule has 35 heavy (non-hydrogen) atoms. The molecule has 0 spiro atoms. The van der Waals surface area contributed by atoms with Crippen molar-refractivity contribution in [3.8, 4) is 17.2 Å². The van der Waals surface area contributed by atoms with Crippen molar-refractivity contribution in [2.24, 2.45) is 0 Å². The van der Waals surface area contributed by atoms with Crippen LogP contribution in [0, 0.1) is 0 Å². The zero-order valence-electron chi connectivity index (χ0n) is 20.3. The number of oxazole rings is 1. The van der Waals surface area contributed by atoms with E-state index in [1.54, 1.807) is 24.3 Å². The van der Waals surface area contributed by atoms with Crippen LogP contribution >= 0.6 is 12.2 Å². The summed E-state index contributed by atoms with van der Waals surface area (Å²) < 4.78 is 11.6. The molecule has 3 aromatic carbocycles. The minimum absolute atomic E-state index is 0.0722. The predicted octanol–water partition coefficient (Wildman–Crippen LogP) is 6.92. The van der Waals surface area contributed by atoms with Crippen LogP contribution in [-0.4, -0.2) is 22.1 Å². The summed E-state index contributed by atoms with van der Waals surface area (Å²) in [5, 5.41) is 5.95. The Morgan fingerprint density at radius 1 is 1.03 bits per heavy atom. The molecular formula is C28H29N3O3S. The number of thiocarbonyl (C=S) groups is 1. The Morgan fingerprint density at radius 2 is 1.74 bits per heavy atom. The maximum atomic E-state index is 12.5. The normalized spacial score (nSPS) is 11.9. The summed E-state index contributed by atoms with van der Waals surface area (Å²) in [6, 6.07) is 20.7. The summed E-state index contributed by atoms with van der Waals surface area (Å²) >= 11 is 5.31. The third kappa shape index (κ3) is 6.05. The van der Waals surface area contributed by atoms with Gasteiger partial charge in [0.25, 0.3) is 5.91 Å². The summed E-state index contributed by atoms with van der Waals surface area (Å²) in [6.45, 7) is 8.29. The molecule has 0 aliphatic carbocycles. The number of aromatic nitrogens is 1. The summed E-state index contributed by atoms with van der Waals surface area (Å²) in [7, 11) is 0. The first-order valence-electron chi connectivity index (χ1n) is 11.7. The van der Waals surface area contributed by atoms with Gasteiger partial charge in [0.1, 0.15) is 11.3 Å². The number of carbonyl (C=O) groups excluding carboxylic acids is 1. The Hall–Kier alpha value is -3.71. The monoisotopic (exact) mass is 487 g/mol. The van der Waals surface area contributed by atoms with Crippen molar-refractivity contribution >= 4 is 40.0 Å². The molecule has 0 saturated heterocycles. The van der Waals surface area contributed by atoms with Crippen LogP contribution in [0.1, 0.15) is 56.0 Å². The van der Waals surface area contributed by atoms with E-state index in [0.29, 0.717) is 23.1 Å². The van der Waals surface area contributed by atoms with Crippen molar-refractivity contribution in [3.63, 3.8) is 0 Å². The Balaban J connectivity index is 1.38. The summed E-state index contributed by atoms with van der Waals surface area (Å²) in [6.07, 6.45) is 1.15. The van der Waals surface area contributed by atoms with Crippen molar-refractivity contribution in [2.45, 2.75) is 46.1 Å². The average Bonchev–Trinajstić information content (AvgIpc) is 3.27. The molecule has 0 radical (unpaired) electrons. The van der Waals surface area contributed by atoms with Gasteiger partial charge in [0, 0.05) is 16.8 Å². The van der Waals surface area contributed by atoms with Gasteiger partial charge in [0.15, 0.2) is 10.7 Å². The van der Waals surface area contributed by atoms with E-state index in [2.05, 4.69) is 41.6 Å². The van der Waals surface area contributed by atoms with Gasteiger partial charge in [-0.15, -0.1) is 0 Å². The molecule has 7 heteroatoms. The largest absolute Gasteiger partial charge is 0.491 e. The van der Waals surface area contributed by atoms with Gasteiger partial charge in [0.2, 0.25) is 5.89 Å². The Kier molecular flexibility index (Phi) is 7.46. The van der Waals surface area contributed by atoms with Gasteiger partial charge in [-0.2, -0.15) is 0 Å². The molecule has 4 aromatic rings. The third-order valence-corrected chi connectivity index (χ3v) is 5.90. The topological polar surface area (TPSA) is 76.4 Å². The Bertz CT molecular complexity index is 1330. The van der Waals surface area contributed by atoms with E-state index in [0.717, 1.165) is 28.8 Å². The first kappa shape index (κ1) is 24.4. The van der Waals surface area contributed by atoms with Crippen LogP contribution in [0.2, 0.25) is 0 Å². The number of nitrogens with zero attached hydrogens (tertiary/aromatic N) is 1. The van der Waals surface area contributed by atoms with Crippen LogP contribution in [0.5, 0.6) is 5.75 Å². The Labute approximate surface area is 210 Å². The second-order valence-corrected chi connectivity index (χ2v) is 9.14. The first-order chi connectivity index (χ1) is 16.8. The van der Waals surface area contributed by atoms with Crippen molar-refractivity contribution in [2.75, 3.05) is 5.32 Å². The summed E-state index contributed by atoms with van der Waals surface area (Å²) in [5.41, 5.74) is 4.97. The molecule has 6 nitrogen and oxygen atoms in total. The Morgan fingerprint density at radius 3 is 2.40 bits per heavy atom. The zero-order valence-corrected chi connectivity index (χ0v) is 21.1. The number of ether oxygens (including phenoxy) is 1. The average molecular weight is 488 g/mol. The quantitative estimate of drug-likeness (QED) is 0.276. The highest BCUT2D eigenvalue weighted by Crippen LogP contribution is 2.28. The molecule has 1 unspecified atom stereocenters. The van der Waals surface area contributed by atoms with Crippen molar-refractivity contribution in [3.05, 3.63) is 77.9 Å². The number of hydrogen-bond acceptors (Lipinski definition) is 5. The molecule has 0 bridgehead atoms. The number of nitrogens with one attached hydrogen (secondary N) is 2. The zero-order chi connectivity index (χ0) is 24.9. The lowest BCUT2D eigenvalue weighted by atomic mass is 9.98. The lowest BCUT2D eigenvalue weighted by molar-refractivity contribution is 0.0977. The van der Waals surface area contributed by atoms with Crippen LogP contribution in [0.3, 0.4) is 0 Å². The summed E-state index contributed by atoms with van der Waals surface area (Å²) in [4.78, 5) is 17.2. The van der Waals surface area contributed by atoms with Crippen LogP contribution in [0.15, 0.2) is 71.1 Å². The van der Waals surface area contributed by atoms with Gasteiger partial charge >= 0.3 is 0 Å². The van der Waals surface area contributed by atoms with Gasteiger partial charge in [0.05, 0.1) is 6.10 Å². The smallest absolute Gasteiger partial charge is 0.257 e. The maximum Gasteiger partial charge on any atom is 0.257 e. The van der Waals surface area contributed by atoms with E-state index in [1.807, 2.05) is 44.2 Å². The predicted molar refractivity (Wildman–Crippen MR) is 144 cm³/mol. The van der Waals surface area contributed by atoms with Gasteiger partial charge in [-0.05, 0) is 105 Å². The molecule has 0 aliphatic heterocycles. The number of anilines is 1. The lowest BCUT2D eigenvalue weighted by Crippen LogP contribution is -2.34. The number of amides is 1. The first-order valence-corrected chi connectivity index (χ1v) is 12.1. The van der Waals surface area contributed by atoms with E-state index >= 15 is 0 Å². The van der Waals surface area contributed by atoms with Gasteiger partial charge in [-0.3, -0.25) is 10.1 Å². The highest BCUT2D eigenvalue weighted by molar-refractivity contribution is 7.80. The van der Waals surface area contributed by atoms with E-state index in [1.165, 1.54) is 5.56 Å². The van der Waals surface area contributed by atoms with Crippen molar-refractivity contribution < 1.29 is 13.9 Å². The van der Waals surface area contributed by atoms with Crippen molar-refractivity contribution in [1.82, 2.24) is 10.3 Å². The molecule has 1 atom stereocenters. The fourth-order valence-corrected chi connectivity index (χ4v) is 3.81. The number of fused-ring (bicyclic) bond motifs is 1. The van der Waals surface area contributed by atoms with E-state index in [-0.39, 0.29) is 17.1 Å². The highest BCUT2D eigenvalue weighted by atomic mass is 32.1. The maximum absolute atomic E-state index is 12.5. The molecule has 0 aliphatic rings.